The van der Waals surface area contributed by atoms with E-state index in [0.29, 0.717) is 56.8 Å². The van der Waals surface area contributed by atoms with Crippen LogP contribution in [0.25, 0.3) is 0 Å². The molecule has 0 spiro atoms. The van der Waals surface area contributed by atoms with Crippen LogP contribution in [0.2, 0.25) is 10.0 Å². The van der Waals surface area contributed by atoms with E-state index < -0.39 is 0 Å². The molecule has 0 aliphatic rings. The molecule has 4 heterocycles. The lowest BCUT2D eigenvalue weighted by Gasteiger charge is -2.14. The summed E-state index contributed by atoms with van der Waals surface area (Å²) in [6, 6.07) is 22.7. The van der Waals surface area contributed by atoms with Gasteiger partial charge in [-0.3, -0.25) is 38.6 Å². The molecule has 312 valence electrons. The predicted molar refractivity (Wildman–Crippen MR) is 234 cm³/mol. The largest absolute Gasteiger partial charge is 0.354 e. The number of rotatable bonds is 14. The van der Waals surface area contributed by atoms with Gasteiger partial charge in [-0.05, 0) is 90.1 Å². The van der Waals surface area contributed by atoms with Gasteiger partial charge < -0.3 is 10.6 Å². The summed E-state index contributed by atoms with van der Waals surface area (Å²) in [4.78, 5) is 42.8. The Morgan fingerprint density at radius 3 is 1.36 bits per heavy atom. The molecule has 0 bridgehead atoms. The first-order valence-electron chi connectivity index (χ1n) is 18.6. The molecule has 2 aromatic carbocycles. The Labute approximate surface area is 360 Å². The van der Waals surface area contributed by atoms with E-state index >= 15 is 0 Å². The summed E-state index contributed by atoms with van der Waals surface area (Å²) in [7, 11) is 2.78. The second-order valence-electron chi connectivity index (χ2n) is 13.9. The number of halogens is 3. The summed E-state index contributed by atoms with van der Waals surface area (Å²) in [5.41, 5.74) is 13.9. The van der Waals surface area contributed by atoms with Crippen molar-refractivity contribution >= 4 is 70.2 Å². The third-order valence-corrected chi connectivity index (χ3v) is 9.27. The van der Waals surface area contributed by atoms with Gasteiger partial charge in [-0.15, -0.1) is 12.4 Å². The van der Waals surface area contributed by atoms with Gasteiger partial charge in [0.2, 0.25) is 0 Å². The van der Waals surface area contributed by atoms with Crippen LogP contribution in [-0.4, -0.2) is 55.6 Å². The number of nitrogens with zero attached hydrogens (tertiary/aromatic N) is 6. The summed E-state index contributed by atoms with van der Waals surface area (Å²) < 4.78 is 4.01. The standard InChI is InChI=1S/2C21H24ClN5O2.ClH/c2*1-13(2)27-16(9-14(3)25-27)10-15-11-20(18(22)12-23-15)24-19-8-6-5-7-17(19)21(28)26-29-4;/h2*5-9,11-13H,10H2,1-4H3,(H,23,24)(H,26,28);1H. The molecule has 59 heavy (non-hydrogen) atoms. The molecule has 6 aromatic rings. The summed E-state index contributed by atoms with van der Waals surface area (Å²) in [6.45, 7) is 12.3. The number of amides is 2. The van der Waals surface area contributed by atoms with Crippen molar-refractivity contribution in [3.8, 4) is 0 Å². The number of hydrogen-bond acceptors (Lipinski definition) is 10. The summed E-state index contributed by atoms with van der Waals surface area (Å²) in [6.07, 6.45) is 4.47. The number of carbonyl (C=O) groups is 2. The molecule has 0 unspecified atom stereocenters. The van der Waals surface area contributed by atoms with Crippen LogP contribution in [0.5, 0.6) is 0 Å². The monoisotopic (exact) mass is 862 g/mol. The van der Waals surface area contributed by atoms with Crippen molar-refractivity contribution in [2.45, 2.75) is 66.5 Å². The van der Waals surface area contributed by atoms with Gasteiger partial charge >= 0.3 is 0 Å². The average molecular weight is 864 g/mol. The minimum atomic E-state index is -0.350. The van der Waals surface area contributed by atoms with E-state index in [1.807, 2.05) is 47.5 Å². The maximum Gasteiger partial charge on any atom is 0.276 e. The highest BCUT2D eigenvalue weighted by Crippen LogP contribution is 2.30. The van der Waals surface area contributed by atoms with Crippen molar-refractivity contribution in [1.29, 1.82) is 0 Å². The molecule has 0 radical (unpaired) electrons. The fourth-order valence-electron chi connectivity index (χ4n) is 6.18. The first-order valence-corrected chi connectivity index (χ1v) is 19.3. The number of para-hydroxylation sites is 2. The zero-order valence-corrected chi connectivity index (χ0v) is 36.5. The third kappa shape index (κ3) is 12.3. The van der Waals surface area contributed by atoms with Gasteiger partial charge in [0, 0.05) is 60.1 Å². The highest BCUT2D eigenvalue weighted by atomic mass is 35.5. The number of carbonyl (C=O) groups excluding carboxylic acids is 2. The lowest BCUT2D eigenvalue weighted by atomic mass is 10.1. The van der Waals surface area contributed by atoms with Crippen molar-refractivity contribution in [3.05, 3.63) is 141 Å². The molecular formula is C42H49Cl3N10O4. The number of aryl methyl sites for hydroxylation is 2. The number of nitrogens with one attached hydrogen (secondary N) is 4. The molecule has 14 nitrogen and oxygen atoms in total. The SMILES string of the molecule is CONC(=O)c1ccccc1Nc1cc(Cc2cc(C)nn2C(C)C)ncc1Cl.CONC(=O)c1ccccc1Nc1cc(Cc2cc(C)nn2C(C)C)ncc1Cl.Cl. The molecular weight excluding hydrogens is 815 g/mol. The van der Waals surface area contributed by atoms with Crippen molar-refractivity contribution in [1.82, 2.24) is 40.5 Å². The van der Waals surface area contributed by atoms with Crippen LogP contribution in [-0.2, 0) is 22.5 Å². The van der Waals surface area contributed by atoms with E-state index in [9.17, 15) is 9.59 Å². The molecule has 0 atom stereocenters. The lowest BCUT2D eigenvalue weighted by Crippen LogP contribution is -2.22. The highest BCUT2D eigenvalue weighted by Gasteiger charge is 2.17. The molecule has 0 saturated carbocycles. The lowest BCUT2D eigenvalue weighted by molar-refractivity contribution is 0.0534. The van der Waals surface area contributed by atoms with Gasteiger partial charge in [-0.2, -0.15) is 10.2 Å². The Kier molecular flexibility index (Phi) is 16.8. The zero-order chi connectivity index (χ0) is 41.9. The number of hydroxylamine groups is 2. The molecule has 4 aromatic heterocycles. The molecule has 0 aliphatic heterocycles. The molecule has 0 fully saturated rings. The molecule has 0 aliphatic carbocycles. The highest BCUT2D eigenvalue weighted by molar-refractivity contribution is 6.33. The Morgan fingerprint density at radius 1 is 0.627 bits per heavy atom. The Balaban J connectivity index is 0.000000256. The molecule has 2 amide bonds. The second-order valence-corrected chi connectivity index (χ2v) is 14.7. The first-order chi connectivity index (χ1) is 27.8. The van der Waals surface area contributed by atoms with Crippen molar-refractivity contribution < 1.29 is 19.3 Å². The predicted octanol–water partition coefficient (Wildman–Crippen LogP) is 9.31. The molecule has 0 saturated heterocycles. The van der Waals surface area contributed by atoms with Gasteiger partial charge in [0.15, 0.2) is 0 Å². The second kappa shape index (κ2) is 21.5. The molecule has 4 N–H and O–H groups in total. The van der Waals surface area contributed by atoms with E-state index in [4.69, 9.17) is 32.9 Å². The average Bonchev–Trinajstić information content (AvgIpc) is 3.76. The van der Waals surface area contributed by atoms with E-state index in [1.165, 1.54) is 14.2 Å². The van der Waals surface area contributed by atoms with Gasteiger partial charge in [0.25, 0.3) is 11.8 Å². The van der Waals surface area contributed by atoms with E-state index in [0.717, 1.165) is 34.2 Å². The fraction of sp³-hybridized carbons (Fsp3) is 0.286. The Bertz CT molecular complexity index is 2200. The zero-order valence-electron chi connectivity index (χ0n) is 34.1. The fourth-order valence-corrected chi connectivity index (χ4v) is 6.49. The number of pyridine rings is 2. The van der Waals surface area contributed by atoms with Crippen LogP contribution >= 0.6 is 35.6 Å². The van der Waals surface area contributed by atoms with E-state index in [1.54, 1.807) is 48.8 Å². The van der Waals surface area contributed by atoms with Crippen LogP contribution in [0.15, 0.2) is 85.2 Å². The van der Waals surface area contributed by atoms with Gasteiger partial charge in [-0.1, -0.05) is 47.5 Å². The van der Waals surface area contributed by atoms with Gasteiger partial charge in [-0.25, -0.2) is 11.0 Å². The minimum Gasteiger partial charge on any atom is -0.354 e. The van der Waals surface area contributed by atoms with Crippen LogP contribution < -0.4 is 21.6 Å². The van der Waals surface area contributed by atoms with E-state index in [-0.39, 0.29) is 36.3 Å². The first kappa shape index (κ1) is 46.2. The smallest absolute Gasteiger partial charge is 0.276 e. The number of benzene rings is 2. The Morgan fingerprint density at radius 2 is 1.00 bits per heavy atom. The summed E-state index contributed by atoms with van der Waals surface area (Å²) >= 11 is 12.7. The van der Waals surface area contributed by atoms with Crippen molar-refractivity contribution in [2.75, 3.05) is 24.9 Å². The molecule has 6 rings (SSSR count). The maximum absolute atomic E-state index is 12.2. The quantitative estimate of drug-likeness (QED) is 0.0777. The Hall–Kier alpha value is -5.51. The molecule has 17 heteroatoms. The number of aromatic nitrogens is 6. The van der Waals surface area contributed by atoms with Crippen LogP contribution in [0.1, 0.15) is 94.7 Å². The van der Waals surface area contributed by atoms with Crippen LogP contribution in [0.4, 0.5) is 22.7 Å². The number of hydrogen-bond donors (Lipinski definition) is 4. The topological polar surface area (TPSA) is 162 Å². The summed E-state index contributed by atoms with van der Waals surface area (Å²) in [5.74, 6) is -0.699. The van der Waals surface area contributed by atoms with Gasteiger partial charge in [0.05, 0.1) is 69.5 Å². The number of anilines is 4. The third-order valence-electron chi connectivity index (χ3n) is 8.67. The van der Waals surface area contributed by atoms with Crippen molar-refractivity contribution in [3.63, 3.8) is 0 Å². The van der Waals surface area contributed by atoms with Gasteiger partial charge in [0.1, 0.15) is 0 Å². The summed E-state index contributed by atoms with van der Waals surface area (Å²) in [5, 5.41) is 16.5. The van der Waals surface area contributed by atoms with Crippen LogP contribution in [0.3, 0.4) is 0 Å². The van der Waals surface area contributed by atoms with Crippen molar-refractivity contribution in [2.24, 2.45) is 0 Å². The van der Waals surface area contributed by atoms with E-state index in [2.05, 4.69) is 81.6 Å². The van der Waals surface area contributed by atoms with Crippen LogP contribution in [0, 0.1) is 13.8 Å². The maximum atomic E-state index is 12.2. The minimum absolute atomic E-state index is 0. The normalized spacial score (nSPS) is 10.8.